The molecule has 3 heterocycles. The van der Waals surface area contributed by atoms with Gasteiger partial charge in [-0.2, -0.15) is 0 Å². The predicted molar refractivity (Wildman–Crippen MR) is 277 cm³/mol. The molecule has 0 spiro atoms. The Kier molecular flexibility index (Phi) is 9.35. The minimum absolute atomic E-state index is 0.0299. The van der Waals surface area contributed by atoms with E-state index in [9.17, 15) is 0 Å². The molecule has 10 rings (SSSR count). The Labute approximate surface area is 382 Å². The number of para-hydroxylation sites is 1. The maximum Gasteiger partial charge on any atom is 0.333 e. The van der Waals surface area contributed by atoms with Crippen molar-refractivity contribution in [3.05, 3.63) is 161 Å². The summed E-state index contributed by atoms with van der Waals surface area (Å²) in [6.07, 6.45) is 0. The molecule has 0 aliphatic carbocycles. The van der Waals surface area contributed by atoms with E-state index in [1.54, 1.807) is 0 Å². The molecule has 64 heavy (non-hydrogen) atoms. The molecule has 3 nitrogen and oxygen atoms in total. The van der Waals surface area contributed by atoms with Crippen molar-refractivity contribution in [1.82, 2.24) is 0 Å². The van der Waals surface area contributed by atoms with E-state index in [-0.39, 0.29) is 28.5 Å². The summed E-state index contributed by atoms with van der Waals surface area (Å²) in [4.78, 5) is 5.25. The van der Waals surface area contributed by atoms with E-state index in [0.29, 0.717) is 0 Å². The van der Waals surface area contributed by atoms with Crippen LogP contribution in [0.1, 0.15) is 116 Å². The van der Waals surface area contributed by atoms with Gasteiger partial charge < -0.3 is 14.1 Å². The Hall–Kier alpha value is -6.00. The van der Waals surface area contributed by atoms with Crippen molar-refractivity contribution in [3.63, 3.8) is 0 Å². The molecule has 4 heteroatoms. The van der Waals surface area contributed by atoms with Gasteiger partial charge in [0.15, 0.2) is 0 Å². The van der Waals surface area contributed by atoms with Crippen molar-refractivity contribution >= 4 is 68.1 Å². The molecule has 0 fully saturated rings. The standard InChI is InChI=1S/C60H63BN2O/c1-36-18-17-19-37(2)53(36)38-22-28-48-50(30-38)62(44-32-41(59(9,10)11)31-42(33-44)60(12,13)14)51-35-46-45-20-15-16-21-52(45)64-56(46)54-47-34-40(58(6,7)8)25-29-49(47)63(61(48)55(51)54)43-26-23-39(24-27-43)57(3,4)5/h15-35H,1-14H3. The first-order valence-corrected chi connectivity index (χ1v) is 23.3. The summed E-state index contributed by atoms with van der Waals surface area (Å²) in [7, 11) is 0. The van der Waals surface area contributed by atoms with Gasteiger partial charge in [0, 0.05) is 50.3 Å². The van der Waals surface area contributed by atoms with Crippen molar-refractivity contribution in [1.29, 1.82) is 0 Å². The molecule has 0 amide bonds. The molecule has 0 unspecified atom stereocenters. The van der Waals surface area contributed by atoms with E-state index < -0.39 is 0 Å². The molecule has 2 aliphatic rings. The molecule has 0 bridgehead atoms. The second-order valence-corrected chi connectivity index (χ2v) is 22.9. The lowest BCUT2D eigenvalue weighted by Gasteiger charge is -2.46. The van der Waals surface area contributed by atoms with Crippen molar-refractivity contribution < 1.29 is 4.42 Å². The van der Waals surface area contributed by atoms with Crippen LogP contribution in [0.2, 0.25) is 0 Å². The predicted octanol–water partition coefficient (Wildman–Crippen LogP) is 15.8. The fraction of sp³-hybridized carbons (Fsp3) is 0.300. The number of nitrogens with zero attached hydrogens (tertiary/aromatic N) is 2. The van der Waals surface area contributed by atoms with Crippen LogP contribution in [0.3, 0.4) is 0 Å². The molecule has 1 aromatic heterocycles. The second kappa shape index (κ2) is 14.3. The van der Waals surface area contributed by atoms with Gasteiger partial charge in [-0.05, 0) is 146 Å². The smallest absolute Gasteiger partial charge is 0.333 e. The number of benzene rings is 7. The van der Waals surface area contributed by atoms with Crippen LogP contribution in [0, 0.1) is 13.8 Å². The summed E-state index contributed by atoms with van der Waals surface area (Å²) in [6.45, 7) is 32.3. The molecule has 8 aromatic rings. The van der Waals surface area contributed by atoms with Crippen molar-refractivity contribution in [2.45, 2.75) is 119 Å². The molecule has 7 aromatic carbocycles. The zero-order valence-corrected chi connectivity index (χ0v) is 40.5. The SMILES string of the molecule is Cc1cccc(C)c1-c1ccc2c(c1)N(c1cc(C(C)(C)C)cc(C(C)(C)C)c1)c1cc3c(oc4ccccc43)c3c1B2N(c1ccc(C(C)(C)C)cc1)c1ccc(C(C)(C)C)cc1-3. The first-order chi connectivity index (χ1) is 30.1. The van der Waals surface area contributed by atoms with Gasteiger partial charge in [-0.3, -0.25) is 0 Å². The molecule has 322 valence electrons. The fourth-order valence-electron chi connectivity index (χ4n) is 10.4. The van der Waals surface area contributed by atoms with E-state index in [0.717, 1.165) is 21.9 Å². The number of furan rings is 1. The maximum atomic E-state index is 7.12. The van der Waals surface area contributed by atoms with E-state index in [1.165, 1.54) is 95.0 Å². The quantitative estimate of drug-likeness (QED) is 0.165. The van der Waals surface area contributed by atoms with Crippen LogP contribution in [0.5, 0.6) is 0 Å². The normalized spacial score (nSPS) is 14.0. The molecule has 0 atom stereocenters. The van der Waals surface area contributed by atoms with E-state index in [4.69, 9.17) is 4.42 Å². The third kappa shape index (κ3) is 6.70. The summed E-state index contributed by atoms with van der Waals surface area (Å²) >= 11 is 0. The molecular weight excluding hydrogens is 775 g/mol. The zero-order valence-electron chi connectivity index (χ0n) is 40.5. The minimum atomic E-state index is -0.151. The number of rotatable bonds is 3. The first kappa shape index (κ1) is 42.0. The van der Waals surface area contributed by atoms with Gasteiger partial charge in [-0.1, -0.05) is 156 Å². The summed E-state index contributed by atoms with van der Waals surface area (Å²) in [5.41, 5.74) is 22.9. The van der Waals surface area contributed by atoms with Crippen molar-refractivity contribution in [3.8, 4) is 22.3 Å². The Balaban J connectivity index is 1.40. The Morgan fingerprint density at radius 3 is 1.69 bits per heavy atom. The van der Waals surface area contributed by atoms with Crippen LogP contribution in [0.25, 0.3) is 44.2 Å². The summed E-state index contributed by atoms with van der Waals surface area (Å²) < 4.78 is 7.12. The highest BCUT2D eigenvalue weighted by Gasteiger charge is 2.47. The van der Waals surface area contributed by atoms with Gasteiger partial charge in [-0.15, -0.1) is 0 Å². The lowest BCUT2D eigenvalue weighted by Crippen LogP contribution is -2.61. The first-order valence-electron chi connectivity index (χ1n) is 23.3. The molecule has 0 radical (unpaired) electrons. The topological polar surface area (TPSA) is 19.6 Å². The van der Waals surface area contributed by atoms with Crippen molar-refractivity contribution in [2.75, 3.05) is 9.71 Å². The van der Waals surface area contributed by atoms with Crippen LogP contribution in [0.4, 0.5) is 28.4 Å². The Bertz CT molecular complexity index is 3120. The van der Waals surface area contributed by atoms with Gasteiger partial charge in [0.25, 0.3) is 0 Å². The van der Waals surface area contributed by atoms with E-state index >= 15 is 0 Å². The van der Waals surface area contributed by atoms with Crippen LogP contribution in [0.15, 0.2) is 132 Å². The monoisotopic (exact) mass is 839 g/mol. The molecule has 0 N–H and O–H groups in total. The fourth-order valence-corrected chi connectivity index (χ4v) is 10.4. The van der Waals surface area contributed by atoms with Crippen LogP contribution >= 0.6 is 0 Å². The number of aryl methyl sites for hydroxylation is 2. The van der Waals surface area contributed by atoms with Crippen LogP contribution in [-0.2, 0) is 21.7 Å². The highest BCUT2D eigenvalue weighted by atomic mass is 16.3. The average Bonchev–Trinajstić information content (AvgIpc) is 3.60. The number of hydrogen-bond acceptors (Lipinski definition) is 3. The highest BCUT2D eigenvalue weighted by molar-refractivity contribution is 6.94. The lowest BCUT2D eigenvalue weighted by atomic mass is 9.43. The second-order valence-electron chi connectivity index (χ2n) is 22.9. The van der Waals surface area contributed by atoms with E-state index in [1.807, 2.05) is 0 Å². The minimum Gasteiger partial charge on any atom is -0.455 e. The number of fused-ring (bicyclic) bond motifs is 8. The lowest BCUT2D eigenvalue weighted by molar-refractivity contribution is 0.569. The third-order valence-electron chi connectivity index (χ3n) is 14.1. The van der Waals surface area contributed by atoms with E-state index in [2.05, 4.69) is 234 Å². The van der Waals surface area contributed by atoms with Gasteiger partial charge in [0.05, 0.1) is 0 Å². The Morgan fingerprint density at radius 1 is 0.453 bits per heavy atom. The maximum absolute atomic E-state index is 7.12. The molecule has 2 aliphatic heterocycles. The largest absolute Gasteiger partial charge is 0.455 e. The summed E-state index contributed by atoms with van der Waals surface area (Å²) in [6, 6.07) is 49.0. The molecule has 0 saturated heterocycles. The summed E-state index contributed by atoms with van der Waals surface area (Å²) in [5, 5.41) is 2.27. The van der Waals surface area contributed by atoms with Crippen LogP contribution in [-0.4, -0.2) is 6.85 Å². The van der Waals surface area contributed by atoms with Gasteiger partial charge in [0.2, 0.25) is 0 Å². The molecular formula is C60H63BN2O. The van der Waals surface area contributed by atoms with Gasteiger partial charge in [0.1, 0.15) is 11.2 Å². The van der Waals surface area contributed by atoms with Crippen molar-refractivity contribution in [2.24, 2.45) is 0 Å². The highest BCUT2D eigenvalue weighted by Crippen LogP contribution is 2.52. The summed E-state index contributed by atoms with van der Waals surface area (Å²) in [5.74, 6) is 0. The number of anilines is 5. The average molecular weight is 839 g/mol. The van der Waals surface area contributed by atoms with Gasteiger partial charge >= 0.3 is 6.85 Å². The van der Waals surface area contributed by atoms with Crippen LogP contribution < -0.4 is 20.6 Å². The van der Waals surface area contributed by atoms with Gasteiger partial charge in [-0.25, -0.2) is 0 Å². The molecule has 0 saturated carbocycles. The number of hydrogen-bond donors (Lipinski definition) is 0. The zero-order chi connectivity index (χ0) is 45.4. The third-order valence-corrected chi connectivity index (χ3v) is 14.1. The Morgan fingerprint density at radius 2 is 1.06 bits per heavy atom.